The number of pyridine rings is 1. The molecule has 1 aromatic heterocycles. The second-order valence-corrected chi connectivity index (χ2v) is 5.22. The Morgan fingerprint density at radius 1 is 1.59 bits per heavy atom. The van der Waals surface area contributed by atoms with Crippen LogP contribution in [0.3, 0.4) is 0 Å². The number of hydrogen-bond donors (Lipinski definition) is 2. The molecule has 1 atom stereocenters. The summed E-state index contributed by atoms with van der Waals surface area (Å²) >= 11 is 5.90. The van der Waals surface area contributed by atoms with Crippen LogP contribution in [-0.4, -0.2) is 33.9 Å². The molecule has 1 aliphatic heterocycles. The summed E-state index contributed by atoms with van der Waals surface area (Å²) in [6.07, 6.45) is 3.29. The van der Waals surface area contributed by atoms with Crippen molar-refractivity contribution in [3.63, 3.8) is 0 Å². The molecule has 0 aromatic carbocycles. The molecule has 0 spiro atoms. The molecule has 0 radical (unpaired) electrons. The summed E-state index contributed by atoms with van der Waals surface area (Å²) < 4.78 is 0. The summed E-state index contributed by atoms with van der Waals surface area (Å²) in [5.41, 5.74) is 0.000696. The second-order valence-electron chi connectivity index (χ2n) is 4.81. The number of anilines is 1. The molecule has 1 unspecified atom stereocenters. The van der Waals surface area contributed by atoms with Crippen LogP contribution in [0.5, 0.6) is 0 Å². The minimum absolute atomic E-state index is 0.0986. The minimum Gasteiger partial charge on any atom is -0.392 e. The molecule has 94 valence electrons. The fourth-order valence-electron chi connectivity index (χ4n) is 2.18. The van der Waals surface area contributed by atoms with E-state index in [9.17, 15) is 5.11 Å². The van der Waals surface area contributed by atoms with Gasteiger partial charge in [0.15, 0.2) is 0 Å². The molecule has 0 aliphatic carbocycles. The van der Waals surface area contributed by atoms with E-state index in [0.717, 1.165) is 25.2 Å². The molecule has 0 bridgehead atoms. The van der Waals surface area contributed by atoms with Crippen molar-refractivity contribution in [1.82, 2.24) is 4.98 Å². The van der Waals surface area contributed by atoms with Crippen LogP contribution in [0, 0.1) is 0 Å². The van der Waals surface area contributed by atoms with Crippen LogP contribution in [0.1, 0.15) is 25.3 Å². The van der Waals surface area contributed by atoms with E-state index in [1.54, 1.807) is 12.3 Å². The predicted molar refractivity (Wildman–Crippen MR) is 67.2 cm³/mol. The van der Waals surface area contributed by atoms with E-state index < -0.39 is 5.60 Å². The van der Waals surface area contributed by atoms with Gasteiger partial charge in [0.25, 0.3) is 0 Å². The third-order valence-corrected chi connectivity index (χ3v) is 3.43. The number of piperidine rings is 1. The maximum atomic E-state index is 10.0. The van der Waals surface area contributed by atoms with Gasteiger partial charge in [0.2, 0.25) is 0 Å². The quantitative estimate of drug-likeness (QED) is 0.844. The Kier molecular flexibility index (Phi) is 3.56. The first kappa shape index (κ1) is 12.6. The predicted octanol–water partition coefficient (Wildman–Crippen LogP) is 1.58. The van der Waals surface area contributed by atoms with Gasteiger partial charge < -0.3 is 15.1 Å². The van der Waals surface area contributed by atoms with Gasteiger partial charge in [-0.1, -0.05) is 11.6 Å². The van der Waals surface area contributed by atoms with Crippen LogP contribution in [-0.2, 0) is 6.61 Å². The Bertz CT molecular complexity index is 409. The molecule has 2 rings (SSSR count). The Hall–Kier alpha value is -0.840. The van der Waals surface area contributed by atoms with Crippen molar-refractivity contribution < 1.29 is 10.2 Å². The average Bonchev–Trinajstić information content (AvgIpc) is 2.28. The van der Waals surface area contributed by atoms with Crippen molar-refractivity contribution in [2.75, 3.05) is 18.0 Å². The lowest BCUT2D eigenvalue weighted by molar-refractivity contribution is 0.0447. The Labute approximate surface area is 106 Å². The van der Waals surface area contributed by atoms with Crippen LogP contribution in [0.15, 0.2) is 12.3 Å². The summed E-state index contributed by atoms with van der Waals surface area (Å²) in [7, 11) is 0. The number of hydrogen-bond acceptors (Lipinski definition) is 4. The van der Waals surface area contributed by atoms with Gasteiger partial charge in [0.05, 0.1) is 17.2 Å². The molecule has 2 N–H and O–H groups in total. The fraction of sp³-hybridized carbons (Fsp3) is 0.583. The van der Waals surface area contributed by atoms with E-state index in [0.29, 0.717) is 17.1 Å². The molecule has 1 aliphatic rings. The molecular weight excluding hydrogens is 240 g/mol. The standard InChI is InChI=1S/C12H17ClN2O2/c1-12(17)3-2-4-15(8-12)11-5-9(7-16)10(13)6-14-11/h5-6,16-17H,2-4,7-8H2,1H3. The fourth-order valence-corrected chi connectivity index (χ4v) is 2.34. The minimum atomic E-state index is -0.668. The van der Waals surface area contributed by atoms with Crippen molar-refractivity contribution in [3.8, 4) is 0 Å². The Balaban J connectivity index is 2.22. The van der Waals surface area contributed by atoms with Gasteiger partial charge >= 0.3 is 0 Å². The van der Waals surface area contributed by atoms with Crippen molar-refractivity contribution in [2.45, 2.75) is 32.0 Å². The summed E-state index contributed by atoms with van der Waals surface area (Å²) in [5, 5.41) is 19.7. The number of aromatic nitrogens is 1. The maximum Gasteiger partial charge on any atom is 0.129 e. The first-order valence-electron chi connectivity index (χ1n) is 5.74. The van der Waals surface area contributed by atoms with Crippen molar-refractivity contribution in [2.24, 2.45) is 0 Å². The maximum absolute atomic E-state index is 10.0. The van der Waals surface area contributed by atoms with Crippen molar-refractivity contribution >= 4 is 17.4 Å². The van der Waals surface area contributed by atoms with E-state index in [4.69, 9.17) is 16.7 Å². The highest BCUT2D eigenvalue weighted by Gasteiger charge is 2.29. The van der Waals surface area contributed by atoms with Gasteiger partial charge in [-0.3, -0.25) is 0 Å². The van der Waals surface area contributed by atoms with Crippen LogP contribution >= 0.6 is 11.6 Å². The summed E-state index contributed by atoms with van der Waals surface area (Å²) in [4.78, 5) is 6.27. The Morgan fingerprint density at radius 2 is 2.35 bits per heavy atom. The van der Waals surface area contributed by atoms with Gasteiger partial charge in [-0.2, -0.15) is 0 Å². The molecular formula is C12H17ClN2O2. The van der Waals surface area contributed by atoms with Crippen LogP contribution in [0.25, 0.3) is 0 Å². The summed E-state index contributed by atoms with van der Waals surface area (Å²) in [6.45, 7) is 3.17. The highest BCUT2D eigenvalue weighted by Crippen LogP contribution is 2.26. The van der Waals surface area contributed by atoms with Gasteiger partial charge in [-0.05, 0) is 25.8 Å². The monoisotopic (exact) mass is 256 g/mol. The SMILES string of the molecule is CC1(O)CCCN(c2cc(CO)c(Cl)cn2)C1. The topological polar surface area (TPSA) is 56.6 Å². The van der Waals surface area contributed by atoms with Crippen LogP contribution in [0.2, 0.25) is 5.02 Å². The molecule has 5 heteroatoms. The Morgan fingerprint density at radius 3 is 3.00 bits per heavy atom. The normalized spacial score (nSPS) is 25.1. The lowest BCUT2D eigenvalue weighted by Crippen LogP contribution is -2.46. The average molecular weight is 257 g/mol. The number of β-amino-alcohol motifs (C(OH)–C–C–N with tert-alkyl or cyclic N) is 1. The van der Waals surface area contributed by atoms with Crippen molar-refractivity contribution in [3.05, 3.63) is 22.8 Å². The zero-order valence-electron chi connectivity index (χ0n) is 9.86. The first-order valence-corrected chi connectivity index (χ1v) is 6.12. The highest BCUT2D eigenvalue weighted by atomic mass is 35.5. The molecule has 0 saturated carbocycles. The number of halogens is 1. The third kappa shape index (κ3) is 2.89. The smallest absolute Gasteiger partial charge is 0.129 e. The largest absolute Gasteiger partial charge is 0.392 e. The molecule has 1 fully saturated rings. The number of nitrogens with zero attached hydrogens (tertiary/aromatic N) is 2. The molecule has 4 nitrogen and oxygen atoms in total. The lowest BCUT2D eigenvalue weighted by Gasteiger charge is -2.37. The van der Waals surface area contributed by atoms with Gasteiger partial charge in [0, 0.05) is 24.8 Å². The van der Waals surface area contributed by atoms with E-state index >= 15 is 0 Å². The lowest BCUT2D eigenvalue weighted by atomic mass is 9.95. The first-order chi connectivity index (χ1) is 8.02. The van der Waals surface area contributed by atoms with Gasteiger partial charge in [0.1, 0.15) is 5.82 Å². The van der Waals surface area contributed by atoms with E-state index in [2.05, 4.69) is 4.98 Å². The third-order valence-electron chi connectivity index (χ3n) is 3.09. The molecule has 2 heterocycles. The zero-order valence-corrected chi connectivity index (χ0v) is 10.6. The van der Waals surface area contributed by atoms with Crippen molar-refractivity contribution in [1.29, 1.82) is 0 Å². The van der Waals surface area contributed by atoms with Crippen LogP contribution in [0.4, 0.5) is 5.82 Å². The zero-order chi connectivity index (χ0) is 12.5. The highest BCUT2D eigenvalue weighted by molar-refractivity contribution is 6.31. The van der Waals surface area contributed by atoms with E-state index in [-0.39, 0.29) is 6.61 Å². The number of rotatable bonds is 2. The van der Waals surface area contributed by atoms with Gasteiger partial charge in [-0.25, -0.2) is 4.98 Å². The van der Waals surface area contributed by atoms with E-state index in [1.165, 1.54) is 0 Å². The summed E-state index contributed by atoms with van der Waals surface area (Å²) in [5.74, 6) is 0.762. The molecule has 1 saturated heterocycles. The molecule has 1 aromatic rings. The molecule has 0 amide bonds. The second kappa shape index (κ2) is 4.80. The number of aliphatic hydroxyl groups excluding tert-OH is 1. The van der Waals surface area contributed by atoms with Crippen LogP contribution < -0.4 is 4.90 Å². The number of aliphatic hydroxyl groups is 2. The summed E-state index contributed by atoms with van der Waals surface area (Å²) in [6, 6.07) is 1.78. The van der Waals surface area contributed by atoms with E-state index in [1.807, 2.05) is 11.8 Å². The molecule has 17 heavy (non-hydrogen) atoms. The van der Waals surface area contributed by atoms with Gasteiger partial charge in [-0.15, -0.1) is 0 Å².